The topological polar surface area (TPSA) is 89.8 Å². The van der Waals surface area contributed by atoms with Gasteiger partial charge in [-0.05, 0) is 61.0 Å². The summed E-state index contributed by atoms with van der Waals surface area (Å²) in [6.07, 6.45) is -0.211. The maximum atomic E-state index is 13.3. The molecule has 0 fully saturated rings. The van der Waals surface area contributed by atoms with Gasteiger partial charge in [-0.3, -0.25) is 14.2 Å². The molecule has 172 valence electrons. The number of carbonyl (C=O) groups excluding carboxylic acids is 1. The van der Waals surface area contributed by atoms with Crippen molar-refractivity contribution in [3.63, 3.8) is 0 Å². The van der Waals surface area contributed by atoms with Crippen molar-refractivity contribution in [2.45, 2.75) is 19.4 Å². The summed E-state index contributed by atoms with van der Waals surface area (Å²) in [5, 5.41) is 13.3. The number of ether oxygens (including phenoxy) is 2. The molecule has 7 nitrogen and oxygen atoms in total. The van der Waals surface area contributed by atoms with Gasteiger partial charge in [-0.25, -0.2) is 0 Å². The van der Waals surface area contributed by atoms with E-state index in [0.717, 1.165) is 22.5 Å². The number of hydrogen-bond acceptors (Lipinski definition) is 5. The molecule has 0 spiro atoms. The lowest BCUT2D eigenvalue weighted by Gasteiger charge is -2.27. The van der Waals surface area contributed by atoms with Crippen molar-refractivity contribution >= 4 is 28.5 Å². The smallest absolute Gasteiger partial charge is 0.307 e. The third-order valence-electron chi connectivity index (χ3n) is 5.90. The van der Waals surface area contributed by atoms with Gasteiger partial charge in [0.1, 0.15) is 24.2 Å². The van der Waals surface area contributed by atoms with E-state index in [9.17, 15) is 14.7 Å². The molecule has 2 heterocycles. The summed E-state index contributed by atoms with van der Waals surface area (Å²) in [5.74, 6) is 0.377. The summed E-state index contributed by atoms with van der Waals surface area (Å²) >= 11 is 0. The number of carbonyl (C=O) groups is 2. The number of hydrogen-bond donors (Lipinski definition) is 2. The van der Waals surface area contributed by atoms with Crippen LogP contribution in [0.2, 0.25) is 0 Å². The van der Waals surface area contributed by atoms with Crippen LogP contribution in [0.25, 0.3) is 10.9 Å². The molecule has 3 aromatic carbocycles. The van der Waals surface area contributed by atoms with E-state index in [-0.39, 0.29) is 18.4 Å². The number of carboxylic acids is 1. The Morgan fingerprint density at radius 3 is 2.68 bits per heavy atom. The molecule has 0 radical (unpaired) electrons. The highest BCUT2D eigenvalue weighted by molar-refractivity contribution is 6.04. The van der Waals surface area contributed by atoms with E-state index < -0.39 is 5.97 Å². The van der Waals surface area contributed by atoms with Crippen LogP contribution in [0.15, 0.2) is 72.8 Å². The van der Waals surface area contributed by atoms with Crippen LogP contribution in [0, 0.1) is 6.92 Å². The SMILES string of the molecule is Cc1cc2c(CC(=O)O)cccc2n1C(=O)c1ccc(OC[C@H]2CNc3ccccc3O2)cc1. The number of fused-ring (bicyclic) bond motifs is 2. The van der Waals surface area contributed by atoms with Crippen LogP contribution in [0.1, 0.15) is 21.6 Å². The van der Waals surface area contributed by atoms with Crippen LogP contribution in [0.5, 0.6) is 11.5 Å². The van der Waals surface area contributed by atoms with Crippen LogP contribution in [0.4, 0.5) is 5.69 Å². The lowest BCUT2D eigenvalue weighted by molar-refractivity contribution is -0.136. The minimum atomic E-state index is -0.904. The minimum Gasteiger partial charge on any atom is -0.490 e. The molecule has 1 aliphatic rings. The fourth-order valence-electron chi connectivity index (χ4n) is 4.28. The van der Waals surface area contributed by atoms with E-state index >= 15 is 0 Å². The van der Waals surface area contributed by atoms with Gasteiger partial charge < -0.3 is 19.9 Å². The first-order chi connectivity index (χ1) is 16.5. The minimum absolute atomic E-state index is 0.0904. The molecule has 1 atom stereocenters. The molecule has 2 N–H and O–H groups in total. The van der Waals surface area contributed by atoms with Gasteiger partial charge in [0.05, 0.1) is 24.2 Å². The summed E-state index contributed by atoms with van der Waals surface area (Å²) in [7, 11) is 0. The van der Waals surface area contributed by atoms with Crippen LogP contribution in [-0.4, -0.2) is 40.8 Å². The Morgan fingerprint density at radius 2 is 1.88 bits per heavy atom. The van der Waals surface area contributed by atoms with Crippen LogP contribution in [-0.2, 0) is 11.2 Å². The summed E-state index contributed by atoms with van der Waals surface area (Å²) < 4.78 is 13.5. The van der Waals surface area contributed by atoms with Gasteiger partial charge in [0.2, 0.25) is 0 Å². The molecule has 0 saturated carbocycles. The fourth-order valence-corrected chi connectivity index (χ4v) is 4.28. The van der Waals surface area contributed by atoms with Crippen LogP contribution >= 0.6 is 0 Å². The largest absolute Gasteiger partial charge is 0.490 e. The Morgan fingerprint density at radius 1 is 1.09 bits per heavy atom. The first-order valence-corrected chi connectivity index (χ1v) is 11.1. The molecule has 0 unspecified atom stereocenters. The zero-order valence-corrected chi connectivity index (χ0v) is 18.7. The van der Waals surface area contributed by atoms with Gasteiger partial charge in [0.25, 0.3) is 5.91 Å². The molecule has 0 aliphatic carbocycles. The number of anilines is 1. The molecule has 0 saturated heterocycles. The van der Waals surface area contributed by atoms with E-state index in [1.165, 1.54) is 0 Å². The van der Waals surface area contributed by atoms with Gasteiger partial charge in [-0.15, -0.1) is 0 Å². The average Bonchev–Trinajstić information content (AvgIpc) is 3.19. The van der Waals surface area contributed by atoms with Crippen molar-refractivity contribution in [3.8, 4) is 11.5 Å². The highest BCUT2D eigenvalue weighted by atomic mass is 16.5. The molecule has 34 heavy (non-hydrogen) atoms. The van der Waals surface area contributed by atoms with Crippen molar-refractivity contribution in [3.05, 3.63) is 89.6 Å². The monoisotopic (exact) mass is 456 g/mol. The number of nitrogens with zero attached hydrogens (tertiary/aromatic N) is 1. The Hall–Kier alpha value is -4.26. The van der Waals surface area contributed by atoms with E-state index in [4.69, 9.17) is 9.47 Å². The molecule has 7 heteroatoms. The lowest BCUT2D eigenvalue weighted by Crippen LogP contribution is -2.35. The van der Waals surface area contributed by atoms with Gasteiger partial charge >= 0.3 is 5.97 Å². The maximum absolute atomic E-state index is 13.3. The first kappa shape index (κ1) is 21.6. The van der Waals surface area contributed by atoms with E-state index in [0.29, 0.717) is 35.5 Å². The standard InChI is InChI=1S/C27H24N2O5/c1-17-13-22-19(14-26(30)31)5-4-7-24(22)29(17)27(32)18-9-11-20(12-10-18)33-16-21-15-28-23-6-2-3-8-25(23)34-21/h2-13,21,28H,14-16H2,1H3,(H,30,31)/t21-/m1/s1. The van der Waals surface area contributed by atoms with E-state index in [1.807, 2.05) is 43.3 Å². The van der Waals surface area contributed by atoms with Crippen molar-refractivity contribution in [2.75, 3.05) is 18.5 Å². The molecule has 1 aromatic heterocycles. The van der Waals surface area contributed by atoms with Crippen molar-refractivity contribution in [1.29, 1.82) is 0 Å². The number of carboxylic acid groups (broad SMARTS) is 1. The molecule has 5 rings (SSSR count). The number of aromatic nitrogens is 1. The summed E-state index contributed by atoms with van der Waals surface area (Å²) in [6, 6.07) is 22.1. The summed E-state index contributed by atoms with van der Waals surface area (Å²) in [5.41, 5.74) is 3.63. The molecule has 4 aromatic rings. The van der Waals surface area contributed by atoms with E-state index in [2.05, 4.69) is 5.32 Å². The van der Waals surface area contributed by atoms with Crippen molar-refractivity contribution in [1.82, 2.24) is 4.57 Å². The number of nitrogens with one attached hydrogen (secondary N) is 1. The van der Waals surface area contributed by atoms with Gasteiger partial charge in [-0.1, -0.05) is 24.3 Å². The number of benzene rings is 3. The normalized spacial score (nSPS) is 14.7. The zero-order chi connectivity index (χ0) is 23.7. The third-order valence-corrected chi connectivity index (χ3v) is 5.90. The second kappa shape index (κ2) is 8.94. The quantitative estimate of drug-likeness (QED) is 0.444. The van der Waals surface area contributed by atoms with Gasteiger partial charge in [-0.2, -0.15) is 0 Å². The fraction of sp³-hybridized carbons (Fsp3) is 0.185. The highest BCUT2D eigenvalue weighted by Crippen LogP contribution is 2.29. The second-order valence-corrected chi connectivity index (χ2v) is 8.30. The van der Waals surface area contributed by atoms with Gasteiger partial charge in [0, 0.05) is 16.6 Å². The Balaban J connectivity index is 1.29. The summed E-state index contributed by atoms with van der Waals surface area (Å²) in [4.78, 5) is 24.5. The maximum Gasteiger partial charge on any atom is 0.307 e. The number of aryl methyl sites for hydroxylation is 1. The lowest BCUT2D eigenvalue weighted by atomic mass is 10.1. The molecule has 0 bridgehead atoms. The predicted octanol–water partition coefficient (Wildman–Crippen LogP) is 4.52. The second-order valence-electron chi connectivity index (χ2n) is 8.30. The van der Waals surface area contributed by atoms with Crippen LogP contribution < -0.4 is 14.8 Å². The van der Waals surface area contributed by atoms with Gasteiger partial charge in [0.15, 0.2) is 0 Å². The Kier molecular flexibility index (Phi) is 5.67. The number of aliphatic carboxylic acids is 1. The molecule has 0 amide bonds. The molecule has 1 aliphatic heterocycles. The molecular weight excluding hydrogens is 432 g/mol. The predicted molar refractivity (Wildman–Crippen MR) is 129 cm³/mol. The average molecular weight is 456 g/mol. The van der Waals surface area contributed by atoms with Crippen LogP contribution in [0.3, 0.4) is 0 Å². The number of para-hydroxylation sites is 2. The number of rotatable bonds is 6. The molecular formula is C27H24N2O5. The zero-order valence-electron chi connectivity index (χ0n) is 18.7. The Labute approximate surface area is 196 Å². The van der Waals surface area contributed by atoms with Crippen molar-refractivity contribution < 1.29 is 24.2 Å². The van der Waals surface area contributed by atoms with Crippen molar-refractivity contribution in [2.24, 2.45) is 0 Å². The first-order valence-electron chi connectivity index (χ1n) is 11.1. The Bertz CT molecular complexity index is 1370. The highest BCUT2D eigenvalue weighted by Gasteiger charge is 2.20. The summed E-state index contributed by atoms with van der Waals surface area (Å²) in [6.45, 7) is 2.87. The third kappa shape index (κ3) is 4.20. The van der Waals surface area contributed by atoms with E-state index in [1.54, 1.807) is 41.0 Å².